The van der Waals surface area contributed by atoms with Crippen LogP contribution in [0.4, 0.5) is 11.6 Å². The maximum absolute atomic E-state index is 10.1. The van der Waals surface area contributed by atoms with Gasteiger partial charge in [0.1, 0.15) is 30.3 Å². The predicted molar refractivity (Wildman–Crippen MR) is 208 cm³/mol. The Balaban J connectivity index is -0.000000704. The highest BCUT2D eigenvalue weighted by Gasteiger charge is 2.47. The van der Waals surface area contributed by atoms with E-state index in [1.807, 2.05) is 41.7 Å². The number of ether oxygens (including phenoxy) is 2. The SMILES string of the molecule is CC.CC(C)C(C)(C)C1CN(C2CC(O)C(CO)O2)c2ncnc(N)c21.CCCCCCCCl.CCCl.CNCCOC(C)(C)CO.O=CO. The Labute approximate surface area is 313 Å². The molecule has 0 bridgehead atoms. The first kappa shape index (κ1) is 52.8. The number of hydrogen-bond acceptors (Lipinski definition) is 11. The minimum Gasteiger partial charge on any atom is -0.483 e. The van der Waals surface area contributed by atoms with Gasteiger partial charge in [0.15, 0.2) is 0 Å². The molecule has 2 aliphatic heterocycles. The van der Waals surface area contributed by atoms with Crippen molar-refractivity contribution in [3.8, 4) is 0 Å². The molecule has 3 rings (SSSR count). The fraction of sp³-hybridized carbons (Fsp3) is 0.861. The zero-order valence-electron chi connectivity index (χ0n) is 32.9. The summed E-state index contributed by atoms with van der Waals surface area (Å²) in [6, 6.07) is 0. The fourth-order valence-electron chi connectivity index (χ4n) is 4.85. The van der Waals surface area contributed by atoms with E-state index in [1.165, 1.54) is 38.4 Å². The quantitative estimate of drug-likeness (QED) is 0.0711. The lowest BCUT2D eigenvalue weighted by molar-refractivity contribution is -0.122. The lowest BCUT2D eigenvalue weighted by Gasteiger charge is -2.36. The Hall–Kier alpha value is -1.51. The number of alkyl halides is 2. The molecule has 298 valence electrons. The standard InChI is InChI=1S/C17H28N4O3.C7H15Cl.C7H17NO2.C2H5Cl.C2H6.CH2O2/c1-9(2)17(3,4)10-6-21(13-5-11(23)12(7-22)24-13)16-14(10)15(18)19-8-20-16;1-2-3-4-5-6-7-8;1-7(2,6-9)10-5-4-8-3;1-2-3;1-2;2-1-3/h8-13,22-23H,5-7H2,1-4H3,(H2,18,19,20);2-7H2,1H3;8-9H,4-6H2,1-3H3;2H2,1H3;1-2H3;1H,(H,2,3). The van der Waals surface area contributed by atoms with Crippen molar-refractivity contribution in [2.75, 3.05) is 62.4 Å². The molecule has 1 fully saturated rings. The first-order chi connectivity index (χ1) is 23.6. The van der Waals surface area contributed by atoms with Crippen LogP contribution in [0.1, 0.15) is 119 Å². The van der Waals surface area contributed by atoms with Gasteiger partial charge in [0.2, 0.25) is 0 Å². The molecule has 1 aromatic rings. The molecular weight excluding hydrogens is 685 g/mol. The van der Waals surface area contributed by atoms with Crippen molar-refractivity contribution in [1.29, 1.82) is 0 Å². The second kappa shape index (κ2) is 31.1. The zero-order chi connectivity index (χ0) is 39.3. The van der Waals surface area contributed by atoms with E-state index in [4.69, 9.17) is 53.4 Å². The number of anilines is 2. The van der Waals surface area contributed by atoms with E-state index in [9.17, 15) is 10.2 Å². The normalized spacial score (nSPS) is 19.2. The molecular formula is C36H73Cl2N5O7. The predicted octanol–water partition coefficient (Wildman–Crippen LogP) is 6.27. The van der Waals surface area contributed by atoms with E-state index in [1.54, 1.807) is 0 Å². The number of likely N-dealkylation sites (N-methyl/N-ethyl adjacent to an activating group) is 1. The Morgan fingerprint density at radius 1 is 1.12 bits per heavy atom. The van der Waals surface area contributed by atoms with Crippen LogP contribution in [0.25, 0.3) is 0 Å². The van der Waals surface area contributed by atoms with Crippen LogP contribution in [-0.2, 0) is 14.3 Å². The van der Waals surface area contributed by atoms with Crippen LogP contribution in [0.5, 0.6) is 0 Å². The van der Waals surface area contributed by atoms with Gasteiger partial charge in [-0.2, -0.15) is 0 Å². The highest BCUT2D eigenvalue weighted by molar-refractivity contribution is 6.17. The van der Waals surface area contributed by atoms with E-state index in [-0.39, 0.29) is 37.2 Å². The average Bonchev–Trinajstić information content (AvgIpc) is 3.67. The molecule has 0 aromatic carbocycles. The van der Waals surface area contributed by atoms with Crippen molar-refractivity contribution < 1.29 is 34.7 Å². The van der Waals surface area contributed by atoms with Crippen molar-refractivity contribution in [3.63, 3.8) is 0 Å². The Bertz CT molecular complexity index is 942. The van der Waals surface area contributed by atoms with E-state index in [2.05, 4.69) is 54.8 Å². The van der Waals surface area contributed by atoms with Gasteiger partial charge in [-0.25, -0.2) is 9.97 Å². The number of hydrogen-bond donors (Lipinski definition) is 6. The fourth-order valence-corrected chi connectivity index (χ4v) is 5.03. The summed E-state index contributed by atoms with van der Waals surface area (Å²) in [5.41, 5.74) is 6.78. The number of nitrogens with two attached hydrogens (primary N) is 1. The van der Waals surface area contributed by atoms with Gasteiger partial charge < -0.3 is 45.9 Å². The number of aliphatic hydroxyl groups is 3. The van der Waals surface area contributed by atoms with E-state index in [0.717, 1.165) is 36.2 Å². The van der Waals surface area contributed by atoms with Gasteiger partial charge in [-0.05, 0) is 38.6 Å². The summed E-state index contributed by atoms with van der Waals surface area (Å²) < 4.78 is 11.2. The van der Waals surface area contributed by atoms with E-state index >= 15 is 0 Å². The second-order valence-corrected chi connectivity index (χ2v) is 14.1. The number of nitrogens with one attached hydrogen (secondary N) is 1. The Morgan fingerprint density at radius 2 is 1.68 bits per heavy atom. The first-order valence-electron chi connectivity index (χ1n) is 18.0. The van der Waals surface area contributed by atoms with Crippen LogP contribution in [0, 0.1) is 11.3 Å². The third kappa shape index (κ3) is 20.5. The maximum atomic E-state index is 10.1. The monoisotopic (exact) mass is 757 g/mol. The average molecular weight is 759 g/mol. The molecule has 1 saturated heterocycles. The Kier molecular flexibility index (Phi) is 32.8. The minimum absolute atomic E-state index is 0.00985. The first-order valence-corrected chi connectivity index (χ1v) is 19.1. The summed E-state index contributed by atoms with van der Waals surface area (Å²) in [6.07, 6.45) is 6.97. The molecule has 12 nitrogen and oxygen atoms in total. The van der Waals surface area contributed by atoms with Gasteiger partial charge in [0.25, 0.3) is 6.47 Å². The number of aromatic nitrogens is 2. The third-order valence-corrected chi connectivity index (χ3v) is 8.74. The van der Waals surface area contributed by atoms with E-state index in [0.29, 0.717) is 24.8 Å². The molecule has 3 heterocycles. The highest BCUT2D eigenvalue weighted by Crippen LogP contribution is 2.51. The Morgan fingerprint density at radius 3 is 2.12 bits per heavy atom. The molecule has 0 amide bonds. The van der Waals surface area contributed by atoms with Crippen LogP contribution >= 0.6 is 23.2 Å². The second-order valence-electron chi connectivity index (χ2n) is 13.1. The lowest BCUT2D eigenvalue weighted by atomic mass is 9.69. The number of unbranched alkanes of at least 4 members (excludes halogenated alkanes) is 4. The molecule has 1 aromatic heterocycles. The number of nitrogens with zero attached hydrogens (tertiary/aromatic N) is 3. The van der Waals surface area contributed by atoms with Gasteiger partial charge in [-0.3, -0.25) is 4.79 Å². The summed E-state index contributed by atoms with van der Waals surface area (Å²) in [6.45, 7) is 22.5. The minimum atomic E-state index is -0.667. The van der Waals surface area contributed by atoms with Crippen LogP contribution in [0.15, 0.2) is 6.33 Å². The van der Waals surface area contributed by atoms with Gasteiger partial charge >= 0.3 is 0 Å². The molecule has 7 N–H and O–H groups in total. The van der Waals surface area contributed by atoms with Gasteiger partial charge in [0.05, 0.1) is 31.5 Å². The molecule has 50 heavy (non-hydrogen) atoms. The summed E-state index contributed by atoms with van der Waals surface area (Å²) in [5, 5.41) is 38.0. The maximum Gasteiger partial charge on any atom is 0.290 e. The number of carbonyl (C=O) groups is 1. The van der Waals surface area contributed by atoms with Gasteiger partial charge in [0, 0.05) is 42.8 Å². The molecule has 0 saturated carbocycles. The molecule has 0 spiro atoms. The van der Waals surface area contributed by atoms with Crippen LogP contribution < -0.4 is 16.0 Å². The van der Waals surface area contributed by atoms with Crippen molar-refractivity contribution in [1.82, 2.24) is 15.3 Å². The number of nitrogen functional groups attached to an aromatic ring is 1. The number of carboxylic acid groups (broad SMARTS) is 1. The highest BCUT2D eigenvalue weighted by atomic mass is 35.5. The van der Waals surface area contributed by atoms with Crippen LogP contribution in [-0.4, -0.2) is 113 Å². The zero-order valence-corrected chi connectivity index (χ0v) is 34.4. The summed E-state index contributed by atoms with van der Waals surface area (Å²) in [7, 11) is 1.87. The summed E-state index contributed by atoms with van der Waals surface area (Å²) >= 11 is 10.5. The van der Waals surface area contributed by atoms with Gasteiger partial charge in [-0.1, -0.05) is 81.1 Å². The third-order valence-electron chi connectivity index (χ3n) is 8.47. The topological polar surface area (TPSA) is 184 Å². The summed E-state index contributed by atoms with van der Waals surface area (Å²) in [5.74, 6) is 3.50. The van der Waals surface area contributed by atoms with Crippen LogP contribution in [0.3, 0.4) is 0 Å². The number of halogens is 2. The van der Waals surface area contributed by atoms with Crippen LogP contribution in [0.2, 0.25) is 0 Å². The molecule has 0 aliphatic carbocycles. The molecule has 4 atom stereocenters. The molecule has 14 heteroatoms. The van der Waals surface area contributed by atoms with Crippen molar-refractivity contribution >= 4 is 41.3 Å². The molecule has 2 aliphatic rings. The summed E-state index contributed by atoms with van der Waals surface area (Å²) in [4.78, 5) is 19.1. The number of aliphatic hydroxyl groups excluding tert-OH is 3. The smallest absolute Gasteiger partial charge is 0.290 e. The lowest BCUT2D eigenvalue weighted by Crippen LogP contribution is -2.38. The van der Waals surface area contributed by atoms with E-state index < -0.39 is 17.8 Å². The van der Waals surface area contributed by atoms with Gasteiger partial charge in [-0.15, -0.1) is 23.2 Å². The van der Waals surface area contributed by atoms with Crippen molar-refractivity contribution in [3.05, 3.63) is 11.9 Å². The van der Waals surface area contributed by atoms with Crippen molar-refractivity contribution in [2.24, 2.45) is 11.3 Å². The number of rotatable bonds is 14. The number of fused-ring (bicyclic) bond motifs is 1. The van der Waals surface area contributed by atoms with Crippen molar-refractivity contribution in [2.45, 2.75) is 138 Å². The molecule has 0 radical (unpaired) electrons. The largest absolute Gasteiger partial charge is 0.483 e. The molecule has 4 unspecified atom stereocenters.